The molecular weight excluding hydrogens is 217 g/mol. The molecular formula is C8H7ClKNS. The van der Waals surface area contributed by atoms with E-state index in [1.807, 2.05) is 30.3 Å². The zero-order chi connectivity index (χ0) is 8.53. The smallest absolute Gasteiger partial charge is 0.696 e. The summed E-state index contributed by atoms with van der Waals surface area (Å²) in [5.74, 6) is 0.612. The molecule has 1 nitrogen and oxygen atoms in total. The minimum Gasteiger partial charge on any atom is -0.696 e. The van der Waals surface area contributed by atoms with Crippen molar-refractivity contribution < 1.29 is 51.4 Å². The van der Waals surface area contributed by atoms with Crippen LogP contribution in [0, 0.1) is 10.7 Å². The van der Waals surface area contributed by atoms with Crippen molar-refractivity contribution in [1.82, 2.24) is 0 Å². The molecule has 0 fully saturated rings. The molecule has 0 aliphatic heterocycles. The number of thiocyanates is 1. The van der Waals surface area contributed by atoms with Gasteiger partial charge in [0.25, 0.3) is 0 Å². The number of benzene rings is 1. The molecule has 58 valence electrons. The third-order valence-corrected chi connectivity index (χ3v) is 1.31. The molecule has 0 aliphatic carbocycles. The zero-order valence-electron chi connectivity index (χ0n) is 6.83. The second kappa shape index (κ2) is 11.9. The van der Waals surface area contributed by atoms with Gasteiger partial charge in [-0.2, -0.15) is 0 Å². The molecule has 0 saturated heterocycles. The van der Waals surface area contributed by atoms with E-state index in [0.717, 1.165) is 0 Å². The number of hydrogen-bond donors (Lipinski definition) is 0. The first kappa shape index (κ1) is 15.3. The Kier molecular flexibility index (Phi) is 15.2. The molecule has 0 radical (unpaired) electrons. The van der Waals surface area contributed by atoms with Crippen molar-refractivity contribution in [1.29, 1.82) is 5.26 Å². The van der Waals surface area contributed by atoms with Crippen LogP contribution in [0.25, 0.3) is 0 Å². The first-order chi connectivity index (χ1) is 5.35. The first-order valence-electron chi connectivity index (χ1n) is 2.96. The molecule has 1 aromatic carbocycles. The predicted molar refractivity (Wildman–Crippen MR) is 49.0 cm³/mol. The summed E-state index contributed by atoms with van der Waals surface area (Å²) in [5, 5.41) is 8.47. The van der Waals surface area contributed by atoms with E-state index >= 15 is 0 Å². The van der Waals surface area contributed by atoms with Crippen LogP contribution in [0.4, 0.5) is 0 Å². The average molecular weight is 224 g/mol. The van der Waals surface area contributed by atoms with Crippen LogP contribution in [0.15, 0.2) is 30.3 Å². The maximum absolute atomic E-state index is 7.13. The van der Waals surface area contributed by atoms with Gasteiger partial charge in [0.05, 0.1) is 0 Å². The molecule has 12 heavy (non-hydrogen) atoms. The molecule has 1 rings (SSSR count). The number of hydrogen-bond acceptors (Lipinski definition) is 2. The Bertz CT molecular complexity index is 222. The van der Waals surface area contributed by atoms with E-state index in [2.05, 4.69) is 12.6 Å². The second-order valence-corrected chi connectivity index (χ2v) is 2.16. The summed E-state index contributed by atoms with van der Waals surface area (Å²) < 4.78 is 0. The van der Waals surface area contributed by atoms with Crippen LogP contribution in [0.2, 0.25) is 0 Å². The SMILES string of the molecule is ClCc1ccccc1.N#C[S-].[K+]. The van der Waals surface area contributed by atoms with E-state index in [1.165, 1.54) is 11.0 Å². The third kappa shape index (κ3) is 8.95. The van der Waals surface area contributed by atoms with Gasteiger partial charge in [0.2, 0.25) is 0 Å². The van der Waals surface area contributed by atoms with Gasteiger partial charge in [0.1, 0.15) is 0 Å². The standard InChI is InChI=1S/C7H7Cl.CHNS.K/c8-6-7-4-2-1-3-5-7;2-1-3;/h1-5H,6H2;3H;/q;;+1/p-1. The Morgan fingerprint density at radius 1 is 1.33 bits per heavy atom. The Hall–Kier alpha value is 0.856. The van der Waals surface area contributed by atoms with Crippen LogP contribution >= 0.6 is 11.6 Å². The van der Waals surface area contributed by atoms with Crippen LogP contribution in [0.3, 0.4) is 0 Å². The fourth-order valence-electron chi connectivity index (χ4n) is 0.567. The van der Waals surface area contributed by atoms with Crippen molar-refractivity contribution in [2.75, 3.05) is 0 Å². The minimum atomic E-state index is 0. The Balaban J connectivity index is 0. The van der Waals surface area contributed by atoms with E-state index < -0.39 is 0 Å². The van der Waals surface area contributed by atoms with Crippen LogP contribution in [0.1, 0.15) is 5.56 Å². The van der Waals surface area contributed by atoms with Crippen LogP contribution in [-0.2, 0) is 18.5 Å². The molecule has 0 heterocycles. The number of rotatable bonds is 1. The van der Waals surface area contributed by atoms with Crippen LogP contribution in [-0.4, -0.2) is 0 Å². The van der Waals surface area contributed by atoms with Gasteiger partial charge in [0.15, 0.2) is 0 Å². The summed E-state index contributed by atoms with van der Waals surface area (Å²) in [6, 6.07) is 9.96. The third-order valence-electron chi connectivity index (χ3n) is 0.997. The maximum atomic E-state index is 7.13. The molecule has 0 amide bonds. The van der Waals surface area contributed by atoms with Crippen LogP contribution < -0.4 is 51.4 Å². The fourth-order valence-corrected chi connectivity index (χ4v) is 0.745. The zero-order valence-corrected chi connectivity index (χ0v) is 11.5. The van der Waals surface area contributed by atoms with Crippen molar-refractivity contribution in [3.8, 4) is 5.40 Å². The first-order valence-corrected chi connectivity index (χ1v) is 3.90. The van der Waals surface area contributed by atoms with Crippen molar-refractivity contribution in [2.45, 2.75) is 5.88 Å². The van der Waals surface area contributed by atoms with E-state index in [-0.39, 0.29) is 51.4 Å². The molecule has 0 unspecified atom stereocenters. The maximum Gasteiger partial charge on any atom is 1.00 e. The largest absolute Gasteiger partial charge is 1.00 e. The summed E-state index contributed by atoms with van der Waals surface area (Å²) >= 11 is 9.23. The Morgan fingerprint density at radius 2 is 1.75 bits per heavy atom. The number of nitrogens with zero attached hydrogens (tertiary/aromatic N) is 1. The average Bonchev–Trinajstić information content (AvgIpc) is 2.08. The van der Waals surface area contributed by atoms with Crippen molar-refractivity contribution >= 4 is 24.2 Å². The van der Waals surface area contributed by atoms with Crippen molar-refractivity contribution in [3.05, 3.63) is 35.9 Å². The van der Waals surface area contributed by atoms with Gasteiger partial charge >= 0.3 is 51.4 Å². The van der Waals surface area contributed by atoms with E-state index in [1.54, 1.807) is 0 Å². The number of halogens is 1. The fraction of sp³-hybridized carbons (Fsp3) is 0.125. The van der Waals surface area contributed by atoms with Gasteiger partial charge in [-0.05, 0) is 5.56 Å². The minimum absolute atomic E-state index is 0. The van der Waals surface area contributed by atoms with Crippen LogP contribution in [0.5, 0.6) is 0 Å². The van der Waals surface area contributed by atoms with Gasteiger partial charge in [-0.15, -0.1) is 11.6 Å². The topological polar surface area (TPSA) is 23.8 Å². The number of nitriles is 1. The van der Waals surface area contributed by atoms with Gasteiger partial charge in [-0.25, -0.2) is 5.26 Å². The van der Waals surface area contributed by atoms with Gasteiger partial charge in [0, 0.05) is 5.88 Å². The molecule has 0 N–H and O–H groups in total. The normalized spacial score (nSPS) is 6.67. The molecule has 4 heteroatoms. The summed E-state index contributed by atoms with van der Waals surface area (Å²) in [6.45, 7) is 0. The van der Waals surface area contributed by atoms with E-state index in [0.29, 0.717) is 5.88 Å². The Labute approximate surface area is 126 Å². The molecule has 0 saturated carbocycles. The molecule has 0 spiro atoms. The van der Waals surface area contributed by atoms with E-state index in [9.17, 15) is 0 Å². The molecule has 0 aliphatic rings. The summed E-state index contributed by atoms with van der Waals surface area (Å²) in [6.07, 6.45) is 0. The van der Waals surface area contributed by atoms with Crippen molar-refractivity contribution in [2.24, 2.45) is 0 Å². The predicted octanol–water partition coefficient (Wildman–Crippen LogP) is -0.556. The number of alkyl halides is 1. The summed E-state index contributed by atoms with van der Waals surface area (Å²) in [5.41, 5.74) is 1.18. The summed E-state index contributed by atoms with van der Waals surface area (Å²) in [4.78, 5) is 0. The molecule has 0 atom stereocenters. The van der Waals surface area contributed by atoms with Gasteiger partial charge in [-0.1, -0.05) is 35.7 Å². The molecule has 1 aromatic rings. The Morgan fingerprint density at radius 3 is 2.00 bits per heavy atom. The monoisotopic (exact) mass is 223 g/mol. The molecule has 0 aromatic heterocycles. The summed E-state index contributed by atoms with van der Waals surface area (Å²) in [7, 11) is 0. The van der Waals surface area contributed by atoms with Crippen molar-refractivity contribution in [3.63, 3.8) is 0 Å². The van der Waals surface area contributed by atoms with Gasteiger partial charge < -0.3 is 12.6 Å². The van der Waals surface area contributed by atoms with E-state index in [4.69, 9.17) is 16.9 Å². The molecule has 0 bridgehead atoms. The quantitative estimate of drug-likeness (QED) is 0.276. The second-order valence-electron chi connectivity index (χ2n) is 1.71. The van der Waals surface area contributed by atoms with Gasteiger partial charge in [-0.3, -0.25) is 0 Å².